The van der Waals surface area contributed by atoms with Crippen molar-refractivity contribution in [3.63, 3.8) is 0 Å². The zero-order valence-electron chi connectivity index (χ0n) is 14.0. The molecule has 124 valence electrons. The highest BCUT2D eigenvalue weighted by Crippen LogP contribution is 2.49. The molecule has 0 radical (unpaired) electrons. The second-order valence-corrected chi connectivity index (χ2v) is 8.47. The molecule has 1 aliphatic carbocycles. The topological polar surface area (TPSA) is 57.8 Å². The van der Waals surface area contributed by atoms with E-state index in [2.05, 4.69) is 57.4 Å². The number of anilines is 1. The Morgan fingerprint density at radius 1 is 1.29 bits per heavy atom. The zero-order valence-corrected chi connectivity index (χ0v) is 15.6. The predicted molar refractivity (Wildman–Crippen MR) is 98.0 cm³/mol. The van der Waals surface area contributed by atoms with Crippen LogP contribution in [0.25, 0.3) is 0 Å². The van der Waals surface area contributed by atoms with Crippen molar-refractivity contribution in [1.29, 1.82) is 0 Å². The molecule has 1 aliphatic heterocycles. The average molecular weight is 386 g/mol. The minimum absolute atomic E-state index is 0.0202. The number of carbonyl (C=O) groups is 1. The summed E-state index contributed by atoms with van der Waals surface area (Å²) in [5, 5.41) is 10.9. The smallest absolute Gasteiger partial charge is 0.162 e. The lowest BCUT2D eigenvalue weighted by atomic mass is 9.69. The lowest BCUT2D eigenvalue weighted by Crippen LogP contribution is -2.33. The van der Waals surface area contributed by atoms with Crippen LogP contribution < -0.4 is 5.32 Å². The van der Waals surface area contributed by atoms with Crippen LogP contribution in [-0.2, 0) is 4.79 Å². The number of fused-ring (bicyclic) bond motifs is 1. The van der Waals surface area contributed by atoms with Gasteiger partial charge in [0, 0.05) is 39.3 Å². The Morgan fingerprint density at radius 3 is 2.83 bits per heavy atom. The van der Waals surface area contributed by atoms with Gasteiger partial charge >= 0.3 is 0 Å². The minimum atomic E-state index is -0.0592. The second-order valence-electron chi connectivity index (χ2n) is 7.56. The normalized spacial score (nSPS) is 22.0. The highest BCUT2D eigenvalue weighted by Gasteiger charge is 2.42. The van der Waals surface area contributed by atoms with Crippen LogP contribution >= 0.6 is 15.9 Å². The molecule has 2 aliphatic rings. The third-order valence-electron chi connectivity index (χ3n) is 4.94. The summed E-state index contributed by atoms with van der Waals surface area (Å²) in [6.07, 6.45) is 1.45. The van der Waals surface area contributed by atoms with Crippen molar-refractivity contribution in [2.75, 3.05) is 5.32 Å². The number of hydrogen-bond acceptors (Lipinski definition) is 3. The molecule has 2 N–H and O–H groups in total. The number of nitrogens with zero attached hydrogens (tertiary/aromatic N) is 1. The summed E-state index contributed by atoms with van der Waals surface area (Å²) in [7, 11) is 0. The number of H-pyrrole nitrogens is 1. The van der Waals surface area contributed by atoms with Crippen LogP contribution in [-0.4, -0.2) is 16.0 Å². The fraction of sp³-hybridized carbons (Fsp3) is 0.368. The number of allylic oxidation sites excluding steroid dienone is 2. The van der Waals surface area contributed by atoms with Crippen molar-refractivity contribution in [2.24, 2.45) is 5.41 Å². The van der Waals surface area contributed by atoms with Gasteiger partial charge in [-0.1, -0.05) is 41.9 Å². The molecule has 0 fully saturated rings. The Bertz CT molecular complexity index is 878. The van der Waals surface area contributed by atoms with Crippen molar-refractivity contribution in [3.8, 4) is 0 Å². The van der Waals surface area contributed by atoms with Gasteiger partial charge in [0.25, 0.3) is 0 Å². The first-order valence-electron chi connectivity index (χ1n) is 8.19. The molecule has 2 aromatic rings. The molecular formula is C19H20BrN3O. The van der Waals surface area contributed by atoms with E-state index in [0.29, 0.717) is 6.42 Å². The van der Waals surface area contributed by atoms with Gasteiger partial charge < -0.3 is 5.32 Å². The molecular weight excluding hydrogens is 366 g/mol. The fourth-order valence-corrected chi connectivity index (χ4v) is 4.39. The van der Waals surface area contributed by atoms with Gasteiger partial charge in [0.2, 0.25) is 0 Å². The Morgan fingerprint density at radius 2 is 2.08 bits per heavy atom. The van der Waals surface area contributed by atoms with E-state index in [4.69, 9.17) is 0 Å². The molecule has 0 amide bonds. The Hall–Kier alpha value is -1.88. The molecule has 0 unspecified atom stereocenters. The summed E-state index contributed by atoms with van der Waals surface area (Å²) < 4.78 is 1.02. The molecule has 0 spiro atoms. The lowest BCUT2D eigenvalue weighted by molar-refractivity contribution is -0.118. The van der Waals surface area contributed by atoms with E-state index in [1.54, 1.807) is 0 Å². The highest BCUT2D eigenvalue weighted by atomic mass is 79.9. The second kappa shape index (κ2) is 5.31. The number of aromatic amines is 1. The molecule has 2 heterocycles. The van der Waals surface area contributed by atoms with E-state index < -0.39 is 0 Å². The number of ketones is 1. The molecule has 24 heavy (non-hydrogen) atoms. The quantitative estimate of drug-likeness (QED) is 0.748. The maximum Gasteiger partial charge on any atom is 0.162 e. The molecule has 0 saturated heterocycles. The molecule has 1 atom stereocenters. The van der Waals surface area contributed by atoms with Crippen LogP contribution in [0.2, 0.25) is 0 Å². The van der Waals surface area contributed by atoms with E-state index in [0.717, 1.165) is 44.8 Å². The molecule has 1 aromatic heterocycles. The van der Waals surface area contributed by atoms with Crippen LogP contribution in [0.5, 0.6) is 0 Å². The maximum atomic E-state index is 13.0. The number of hydrogen-bond donors (Lipinski definition) is 2. The van der Waals surface area contributed by atoms with E-state index in [1.165, 1.54) is 0 Å². The predicted octanol–water partition coefficient (Wildman–Crippen LogP) is 4.68. The van der Waals surface area contributed by atoms with E-state index in [9.17, 15) is 4.79 Å². The maximum absolute atomic E-state index is 13.0. The van der Waals surface area contributed by atoms with Gasteiger partial charge in [0.15, 0.2) is 11.6 Å². The number of benzene rings is 1. The van der Waals surface area contributed by atoms with Gasteiger partial charge in [-0.25, -0.2) is 0 Å². The molecule has 4 rings (SSSR count). The number of rotatable bonds is 1. The van der Waals surface area contributed by atoms with Gasteiger partial charge in [-0.2, -0.15) is 5.10 Å². The number of carbonyl (C=O) groups excluding carboxylic acids is 1. The summed E-state index contributed by atoms with van der Waals surface area (Å²) >= 11 is 3.56. The van der Waals surface area contributed by atoms with Crippen LogP contribution in [0, 0.1) is 12.3 Å². The fourth-order valence-electron chi connectivity index (χ4n) is 3.97. The Balaban J connectivity index is 1.95. The summed E-state index contributed by atoms with van der Waals surface area (Å²) in [5.74, 6) is 1.03. The van der Waals surface area contributed by atoms with E-state index in [1.807, 2.05) is 19.1 Å². The minimum Gasteiger partial charge on any atom is -0.342 e. The average Bonchev–Trinajstić information content (AvgIpc) is 2.85. The summed E-state index contributed by atoms with van der Waals surface area (Å²) in [5.41, 5.74) is 5.13. The van der Waals surface area contributed by atoms with Gasteiger partial charge in [0.1, 0.15) is 0 Å². The summed E-state index contributed by atoms with van der Waals surface area (Å²) in [6.45, 7) is 6.31. The van der Waals surface area contributed by atoms with E-state index in [-0.39, 0.29) is 17.1 Å². The van der Waals surface area contributed by atoms with Crippen molar-refractivity contribution in [1.82, 2.24) is 10.2 Å². The first kappa shape index (κ1) is 15.6. The number of aryl methyl sites for hydroxylation is 1. The van der Waals surface area contributed by atoms with E-state index >= 15 is 0 Å². The highest BCUT2D eigenvalue weighted by molar-refractivity contribution is 9.10. The monoisotopic (exact) mass is 385 g/mol. The largest absolute Gasteiger partial charge is 0.342 e. The number of aromatic nitrogens is 2. The number of halogens is 1. The van der Waals surface area contributed by atoms with Crippen LogP contribution in [0.1, 0.15) is 49.4 Å². The van der Waals surface area contributed by atoms with Crippen molar-refractivity contribution in [2.45, 2.75) is 39.5 Å². The summed E-state index contributed by atoms with van der Waals surface area (Å²) in [4.78, 5) is 13.0. The lowest BCUT2D eigenvalue weighted by Gasteiger charge is -2.38. The number of Topliss-reactive ketones (excluding diaryl/α,β-unsaturated/α-hetero) is 1. The van der Waals surface area contributed by atoms with Crippen LogP contribution in [0.4, 0.5) is 5.82 Å². The van der Waals surface area contributed by atoms with Crippen LogP contribution in [0.15, 0.2) is 40.0 Å². The molecule has 5 heteroatoms. The summed E-state index contributed by atoms with van der Waals surface area (Å²) in [6, 6.07) is 8.22. The van der Waals surface area contributed by atoms with Gasteiger partial charge in [0.05, 0.1) is 0 Å². The molecule has 1 aromatic carbocycles. The zero-order chi connectivity index (χ0) is 17.1. The van der Waals surface area contributed by atoms with Crippen LogP contribution in [0.3, 0.4) is 0 Å². The first-order chi connectivity index (χ1) is 11.4. The van der Waals surface area contributed by atoms with Crippen molar-refractivity contribution in [3.05, 3.63) is 56.8 Å². The van der Waals surface area contributed by atoms with Gasteiger partial charge in [-0.15, -0.1) is 0 Å². The first-order valence-corrected chi connectivity index (χ1v) is 8.98. The Kier molecular flexibility index (Phi) is 3.46. The third kappa shape index (κ3) is 2.42. The molecule has 4 nitrogen and oxygen atoms in total. The molecule has 0 saturated carbocycles. The van der Waals surface area contributed by atoms with Crippen molar-refractivity contribution < 1.29 is 4.79 Å². The van der Waals surface area contributed by atoms with Crippen molar-refractivity contribution >= 4 is 27.5 Å². The Labute approximate surface area is 149 Å². The SMILES string of the molecule is Cc1[nH]nc2c1[C@H](c1cccc(Br)c1)C1=C(CC(C)(C)CC1=O)N2. The van der Waals surface area contributed by atoms with Gasteiger partial charge in [-0.05, 0) is 36.5 Å². The number of nitrogens with one attached hydrogen (secondary N) is 2. The molecule has 0 bridgehead atoms. The third-order valence-corrected chi connectivity index (χ3v) is 5.44. The standard InChI is InChI=1S/C19H20BrN3O/c1-10-15-16(11-5-4-6-12(20)7-11)17-13(21-18(15)23-22-10)8-19(2,3)9-14(17)24/h4-7,16H,8-9H2,1-3H3,(H2,21,22,23)/t16-/m0/s1. The van der Waals surface area contributed by atoms with Gasteiger partial charge in [-0.3, -0.25) is 9.89 Å².